The summed E-state index contributed by atoms with van der Waals surface area (Å²) in [6, 6.07) is 15.9. The second kappa shape index (κ2) is 9.40. The van der Waals surface area contributed by atoms with Crippen LogP contribution in [0, 0.1) is 6.92 Å². The van der Waals surface area contributed by atoms with Gasteiger partial charge < -0.3 is 14.3 Å². The summed E-state index contributed by atoms with van der Waals surface area (Å²) >= 11 is 0. The number of amides is 1. The van der Waals surface area contributed by atoms with Crippen molar-refractivity contribution in [3.05, 3.63) is 72.0 Å². The third-order valence-electron chi connectivity index (χ3n) is 5.99. The smallest absolute Gasteiger partial charge is 0.224 e. The zero-order valence-electron chi connectivity index (χ0n) is 18.8. The minimum Gasteiger partial charge on any atom is -0.441 e. The summed E-state index contributed by atoms with van der Waals surface area (Å²) in [5, 5.41) is 11.7. The minimum absolute atomic E-state index is 0.0748. The normalized spacial score (nSPS) is 13.4. The number of aromatic nitrogens is 4. The number of carbonyl (C=O) groups excluding carboxylic acids is 1. The first kappa shape index (κ1) is 21.1. The van der Waals surface area contributed by atoms with E-state index in [-0.39, 0.29) is 5.91 Å². The Kier molecular flexibility index (Phi) is 6.02. The van der Waals surface area contributed by atoms with Crippen LogP contribution in [0.1, 0.15) is 43.0 Å². The number of nitrogens with one attached hydrogen (secondary N) is 1. The Labute approximate surface area is 192 Å². The highest BCUT2D eigenvalue weighted by atomic mass is 16.4. The fourth-order valence-electron chi connectivity index (χ4n) is 4.12. The Balaban J connectivity index is 1.17. The summed E-state index contributed by atoms with van der Waals surface area (Å²) in [6.45, 7) is 3.01. The van der Waals surface area contributed by atoms with E-state index in [4.69, 9.17) is 4.42 Å². The number of rotatable bonds is 6. The quantitative estimate of drug-likeness (QED) is 0.444. The third-order valence-corrected chi connectivity index (χ3v) is 5.99. The lowest BCUT2D eigenvalue weighted by Crippen LogP contribution is -2.12. The second-order valence-electron chi connectivity index (χ2n) is 8.51. The van der Waals surface area contributed by atoms with Gasteiger partial charge in [-0.25, -0.2) is 4.98 Å². The van der Waals surface area contributed by atoms with Gasteiger partial charge in [-0.2, -0.15) is 0 Å². The molecule has 0 fully saturated rings. The molecule has 0 saturated heterocycles. The number of benzene rings is 2. The van der Waals surface area contributed by atoms with E-state index < -0.39 is 0 Å². The largest absolute Gasteiger partial charge is 0.441 e. The van der Waals surface area contributed by atoms with Gasteiger partial charge in [0.15, 0.2) is 17.5 Å². The van der Waals surface area contributed by atoms with Crippen molar-refractivity contribution < 1.29 is 9.21 Å². The van der Waals surface area contributed by atoms with E-state index in [2.05, 4.69) is 25.1 Å². The van der Waals surface area contributed by atoms with Crippen molar-refractivity contribution in [3.63, 3.8) is 0 Å². The van der Waals surface area contributed by atoms with Crippen molar-refractivity contribution in [3.8, 4) is 22.7 Å². The molecule has 0 bridgehead atoms. The molecule has 1 amide bonds. The van der Waals surface area contributed by atoms with Crippen LogP contribution in [0.2, 0.25) is 0 Å². The molecule has 168 valence electrons. The highest BCUT2D eigenvalue weighted by molar-refractivity contribution is 5.91. The molecule has 0 radical (unpaired) electrons. The predicted octanol–water partition coefficient (Wildman–Crippen LogP) is 5.21. The molecule has 1 aliphatic rings. The van der Waals surface area contributed by atoms with Crippen LogP contribution in [-0.2, 0) is 24.2 Å². The molecule has 2 aromatic heterocycles. The summed E-state index contributed by atoms with van der Waals surface area (Å²) in [6.07, 6.45) is 7.00. The lowest BCUT2D eigenvalue weighted by molar-refractivity contribution is -0.116. The Morgan fingerprint density at radius 2 is 1.79 bits per heavy atom. The maximum absolute atomic E-state index is 12.4. The maximum Gasteiger partial charge on any atom is 0.224 e. The molecule has 0 atom stereocenters. The zero-order chi connectivity index (χ0) is 22.6. The Bertz CT molecular complexity index is 1240. The average Bonchev–Trinajstić information content (AvgIpc) is 3.40. The molecule has 7 nitrogen and oxygen atoms in total. The molecule has 0 unspecified atom stereocenters. The lowest BCUT2D eigenvalue weighted by atomic mass is 10.1. The van der Waals surface area contributed by atoms with Crippen molar-refractivity contribution in [2.45, 2.75) is 52.0 Å². The van der Waals surface area contributed by atoms with E-state index in [1.165, 1.54) is 18.4 Å². The summed E-state index contributed by atoms with van der Waals surface area (Å²) in [5.74, 6) is 3.17. The van der Waals surface area contributed by atoms with E-state index >= 15 is 0 Å². The summed E-state index contributed by atoms with van der Waals surface area (Å²) < 4.78 is 8.04. The summed E-state index contributed by atoms with van der Waals surface area (Å²) in [7, 11) is 0. The van der Waals surface area contributed by atoms with Gasteiger partial charge in [0, 0.05) is 42.6 Å². The van der Waals surface area contributed by atoms with Crippen LogP contribution >= 0.6 is 0 Å². The lowest BCUT2D eigenvalue weighted by Gasteiger charge is -2.08. The van der Waals surface area contributed by atoms with Crippen LogP contribution < -0.4 is 5.32 Å². The van der Waals surface area contributed by atoms with E-state index in [1.807, 2.05) is 55.5 Å². The van der Waals surface area contributed by atoms with Crippen molar-refractivity contribution >= 4 is 11.6 Å². The van der Waals surface area contributed by atoms with Gasteiger partial charge in [0.2, 0.25) is 5.91 Å². The first-order chi connectivity index (χ1) is 16.2. The highest BCUT2D eigenvalue weighted by Crippen LogP contribution is 2.24. The zero-order valence-corrected chi connectivity index (χ0v) is 18.8. The first-order valence-corrected chi connectivity index (χ1v) is 11.5. The van der Waals surface area contributed by atoms with E-state index in [0.29, 0.717) is 24.5 Å². The maximum atomic E-state index is 12.4. The third kappa shape index (κ3) is 4.87. The van der Waals surface area contributed by atoms with Crippen LogP contribution in [0.3, 0.4) is 0 Å². The number of fused-ring (bicyclic) bond motifs is 1. The Hall–Kier alpha value is -3.74. The molecule has 33 heavy (non-hydrogen) atoms. The summed E-state index contributed by atoms with van der Waals surface area (Å²) in [4.78, 5) is 16.8. The van der Waals surface area contributed by atoms with Gasteiger partial charge in [0.05, 0.1) is 6.20 Å². The van der Waals surface area contributed by atoms with Crippen LogP contribution in [0.25, 0.3) is 22.7 Å². The van der Waals surface area contributed by atoms with Crippen molar-refractivity contribution in [1.29, 1.82) is 0 Å². The number of hydrogen-bond acceptors (Lipinski definition) is 5. The molecule has 0 saturated carbocycles. The SMILES string of the molecule is Cc1ccc(-c2cnc(CCC(=O)Nc3ccc(-c4nnc5n4CCCCC5)cc3)o2)cc1. The topological polar surface area (TPSA) is 85.8 Å². The van der Waals surface area contributed by atoms with Crippen LogP contribution in [0.15, 0.2) is 59.1 Å². The van der Waals surface area contributed by atoms with Crippen LogP contribution in [-0.4, -0.2) is 25.7 Å². The number of aryl methyl sites for hydroxylation is 3. The van der Waals surface area contributed by atoms with E-state index in [0.717, 1.165) is 47.8 Å². The molecule has 0 aliphatic carbocycles. The van der Waals surface area contributed by atoms with E-state index in [9.17, 15) is 4.79 Å². The number of carbonyl (C=O) groups is 1. The molecule has 0 spiro atoms. The first-order valence-electron chi connectivity index (χ1n) is 11.5. The van der Waals surface area contributed by atoms with Crippen molar-refractivity contribution in [1.82, 2.24) is 19.7 Å². The molecule has 4 aromatic rings. The Morgan fingerprint density at radius 1 is 1.00 bits per heavy atom. The number of hydrogen-bond donors (Lipinski definition) is 1. The van der Waals surface area contributed by atoms with E-state index in [1.54, 1.807) is 6.20 Å². The van der Waals surface area contributed by atoms with Gasteiger partial charge in [0.25, 0.3) is 0 Å². The molecule has 1 N–H and O–H groups in total. The molecular weight excluding hydrogens is 414 g/mol. The van der Waals surface area contributed by atoms with Crippen LogP contribution in [0.5, 0.6) is 0 Å². The standard InChI is InChI=1S/C26H27N5O2/c1-18-6-8-19(9-7-18)22-17-27-25(33-22)15-14-24(32)28-21-12-10-20(11-13-21)26-30-29-23-5-3-2-4-16-31(23)26/h6-13,17H,2-5,14-16H2,1H3,(H,28,32). The molecule has 2 aromatic carbocycles. The average molecular weight is 442 g/mol. The molecule has 5 rings (SSSR count). The predicted molar refractivity (Wildman–Crippen MR) is 127 cm³/mol. The molecule has 3 heterocycles. The minimum atomic E-state index is -0.0748. The van der Waals surface area contributed by atoms with Crippen LogP contribution in [0.4, 0.5) is 5.69 Å². The van der Waals surface area contributed by atoms with Crippen molar-refractivity contribution in [2.24, 2.45) is 0 Å². The van der Waals surface area contributed by atoms with Crippen molar-refractivity contribution in [2.75, 3.05) is 5.32 Å². The highest BCUT2D eigenvalue weighted by Gasteiger charge is 2.16. The molecular formula is C26H27N5O2. The van der Waals surface area contributed by atoms with Gasteiger partial charge in [0.1, 0.15) is 5.82 Å². The van der Waals surface area contributed by atoms with Gasteiger partial charge in [-0.05, 0) is 44.0 Å². The number of nitrogens with zero attached hydrogens (tertiary/aromatic N) is 4. The monoisotopic (exact) mass is 441 g/mol. The van der Waals surface area contributed by atoms with Gasteiger partial charge >= 0.3 is 0 Å². The summed E-state index contributed by atoms with van der Waals surface area (Å²) in [5.41, 5.74) is 3.94. The molecule has 7 heteroatoms. The van der Waals surface area contributed by atoms with Gasteiger partial charge in [-0.15, -0.1) is 10.2 Å². The molecule has 1 aliphatic heterocycles. The van der Waals surface area contributed by atoms with Gasteiger partial charge in [-0.1, -0.05) is 36.2 Å². The number of oxazole rings is 1. The second-order valence-corrected chi connectivity index (χ2v) is 8.51. The number of anilines is 1. The Morgan fingerprint density at radius 3 is 2.61 bits per heavy atom. The van der Waals surface area contributed by atoms with Gasteiger partial charge in [-0.3, -0.25) is 4.79 Å². The fraction of sp³-hybridized carbons (Fsp3) is 0.308. The fourth-order valence-corrected chi connectivity index (χ4v) is 4.12.